The van der Waals surface area contributed by atoms with E-state index in [0.29, 0.717) is 29.3 Å². The van der Waals surface area contributed by atoms with Crippen molar-refractivity contribution in [1.82, 2.24) is 5.43 Å². The number of hydrogen-bond acceptors (Lipinski definition) is 6. The zero-order valence-corrected chi connectivity index (χ0v) is 16.2. The lowest BCUT2D eigenvalue weighted by atomic mass is 10.0. The van der Waals surface area contributed by atoms with E-state index in [1.54, 1.807) is 67.6 Å². The summed E-state index contributed by atoms with van der Waals surface area (Å²) in [6, 6.07) is 21.0. The molecule has 0 spiro atoms. The van der Waals surface area contributed by atoms with Crippen LogP contribution in [0.4, 0.5) is 0 Å². The van der Waals surface area contributed by atoms with Crippen LogP contribution in [0.25, 0.3) is 11.3 Å². The molecule has 1 atom stereocenters. The molecular weight excluding hydrogens is 382 g/mol. The number of carbonyl (C=O) groups excluding carboxylic acids is 2. The fraction of sp³-hybridized carbons (Fsp3) is 0.130. The van der Waals surface area contributed by atoms with Crippen molar-refractivity contribution in [1.29, 1.82) is 5.26 Å². The van der Waals surface area contributed by atoms with E-state index in [0.717, 1.165) is 5.56 Å². The average Bonchev–Trinajstić information content (AvgIpc) is 3.24. The number of hydrazone groups is 1. The Hall–Kier alpha value is -4.18. The number of ether oxygens (including phenoxy) is 1. The van der Waals surface area contributed by atoms with E-state index < -0.39 is 11.8 Å². The largest absolute Gasteiger partial charge is 0.462 e. The predicted octanol–water partition coefficient (Wildman–Crippen LogP) is 3.88. The summed E-state index contributed by atoms with van der Waals surface area (Å²) in [6.45, 7) is 2.07. The van der Waals surface area contributed by atoms with Gasteiger partial charge in [0.15, 0.2) is 5.92 Å². The van der Waals surface area contributed by atoms with Gasteiger partial charge in [-0.25, -0.2) is 10.2 Å². The first-order chi connectivity index (χ1) is 14.6. The molecule has 0 saturated heterocycles. The van der Waals surface area contributed by atoms with Crippen molar-refractivity contribution in [3.05, 3.63) is 83.6 Å². The Morgan fingerprint density at radius 2 is 1.87 bits per heavy atom. The molecule has 0 aliphatic heterocycles. The quantitative estimate of drug-likeness (QED) is 0.367. The highest BCUT2D eigenvalue weighted by molar-refractivity contribution is 5.90. The summed E-state index contributed by atoms with van der Waals surface area (Å²) in [5.41, 5.74) is 4.19. The van der Waals surface area contributed by atoms with E-state index in [-0.39, 0.29) is 5.97 Å². The van der Waals surface area contributed by atoms with Crippen LogP contribution in [-0.4, -0.2) is 24.7 Å². The Kier molecular flexibility index (Phi) is 6.74. The third-order valence-electron chi connectivity index (χ3n) is 4.20. The third kappa shape index (κ3) is 5.00. The first kappa shape index (κ1) is 20.6. The molecule has 1 heterocycles. The van der Waals surface area contributed by atoms with Gasteiger partial charge in [0.05, 0.1) is 24.5 Å². The minimum absolute atomic E-state index is 0.318. The summed E-state index contributed by atoms with van der Waals surface area (Å²) < 4.78 is 10.6. The van der Waals surface area contributed by atoms with Crippen LogP contribution in [0.5, 0.6) is 0 Å². The molecule has 7 nitrogen and oxygen atoms in total. The minimum Gasteiger partial charge on any atom is -0.462 e. The van der Waals surface area contributed by atoms with Crippen LogP contribution in [0.2, 0.25) is 0 Å². The highest BCUT2D eigenvalue weighted by Crippen LogP contribution is 2.22. The number of furan rings is 1. The van der Waals surface area contributed by atoms with Crippen molar-refractivity contribution >= 4 is 18.1 Å². The molecule has 0 unspecified atom stereocenters. The van der Waals surface area contributed by atoms with Gasteiger partial charge >= 0.3 is 5.97 Å². The molecule has 0 saturated carbocycles. The molecule has 150 valence electrons. The monoisotopic (exact) mass is 401 g/mol. The summed E-state index contributed by atoms with van der Waals surface area (Å²) in [4.78, 5) is 23.9. The number of nitriles is 1. The van der Waals surface area contributed by atoms with Gasteiger partial charge in [0.25, 0.3) is 5.91 Å². The van der Waals surface area contributed by atoms with Crippen LogP contribution in [0.15, 0.2) is 76.2 Å². The van der Waals surface area contributed by atoms with Gasteiger partial charge in [0.1, 0.15) is 11.5 Å². The van der Waals surface area contributed by atoms with Crippen molar-refractivity contribution < 1.29 is 18.7 Å². The van der Waals surface area contributed by atoms with Crippen LogP contribution in [0, 0.1) is 11.3 Å². The smallest absolute Gasteiger partial charge is 0.338 e. The van der Waals surface area contributed by atoms with Gasteiger partial charge in [-0.05, 0) is 36.8 Å². The van der Waals surface area contributed by atoms with Gasteiger partial charge in [-0.1, -0.05) is 42.5 Å². The maximum Gasteiger partial charge on any atom is 0.338 e. The summed E-state index contributed by atoms with van der Waals surface area (Å²) in [7, 11) is 0. The molecular formula is C23H19N3O4. The molecule has 2 aromatic carbocycles. The molecule has 7 heteroatoms. The lowest BCUT2D eigenvalue weighted by Crippen LogP contribution is -2.24. The fourth-order valence-electron chi connectivity index (χ4n) is 2.72. The van der Waals surface area contributed by atoms with E-state index in [2.05, 4.69) is 10.5 Å². The van der Waals surface area contributed by atoms with Gasteiger partial charge in [-0.3, -0.25) is 4.79 Å². The highest BCUT2D eigenvalue weighted by Gasteiger charge is 2.19. The molecule has 3 rings (SSSR count). The fourth-order valence-corrected chi connectivity index (χ4v) is 2.72. The van der Waals surface area contributed by atoms with Gasteiger partial charge in [0.2, 0.25) is 0 Å². The van der Waals surface area contributed by atoms with Gasteiger partial charge < -0.3 is 9.15 Å². The Morgan fingerprint density at radius 3 is 2.53 bits per heavy atom. The van der Waals surface area contributed by atoms with Crippen molar-refractivity contribution in [2.24, 2.45) is 5.10 Å². The van der Waals surface area contributed by atoms with Gasteiger partial charge in [0, 0.05) is 5.56 Å². The summed E-state index contributed by atoms with van der Waals surface area (Å²) in [5, 5.41) is 13.1. The zero-order chi connectivity index (χ0) is 21.3. The Morgan fingerprint density at radius 1 is 1.13 bits per heavy atom. The number of nitrogens with one attached hydrogen (secondary N) is 1. The zero-order valence-electron chi connectivity index (χ0n) is 16.2. The molecule has 30 heavy (non-hydrogen) atoms. The van der Waals surface area contributed by atoms with Crippen molar-refractivity contribution in [3.8, 4) is 17.4 Å². The van der Waals surface area contributed by atoms with Crippen LogP contribution < -0.4 is 5.43 Å². The molecule has 1 aromatic heterocycles. The normalized spacial score (nSPS) is 11.6. The number of hydrogen-bond donors (Lipinski definition) is 1. The number of esters is 1. The van der Waals surface area contributed by atoms with Crippen molar-refractivity contribution in [3.63, 3.8) is 0 Å². The number of benzene rings is 2. The maximum absolute atomic E-state index is 12.2. The third-order valence-corrected chi connectivity index (χ3v) is 4.20. The van der Waals surface area contributed by atoms with E-state index in [4.69, 9.17) is 9.15 Å². The van der Waals surface area contributed by atoms with E-state index in [9.17, 15) is 14.9 Å². The lowest BCUT2D eigenvalue weighted by molar-refractivity contribution is -0.121. The second-order valence-corrected chi connectivity index (χ2v) is 6.21. The molecule has 0 aliphatic carbocycles. The second-order valence-electron chi connectivity index (χ2n) is 6.21. The predicted molar refractivity (Wildman–Crippen MR) is 111 cm³/mol. The number of rotatable bonds is 7. The summed E-state index contributed by atoms with van der Waals surface area (Å²) in [6.07, 6.45) is 1.35. The SMILES string of the molecule is CCOC(=O)c1ccc(-c2ccc(/C=N\NC(=O)[C@@H](C#N)c3ccccc3)o2)cc1. The Bertz CT molecular complexity index is 1080. The lowest BCUT2D eigenvalue weighted by Gasteiger charge is -2.06. The molecule has 0 radical (unpaired) electrons. The van der Waals surface area contributed by atoms with E-state index in [1.165, 1.54) is 6.21 Å². The van der Waals surface area contributed by atoms with Gasteiger partial charge in [-0.2, -0.15) is 10.4 Å². The van der Waals surface area contributed by atoms with Crippen molar-refractivity contribution in [2.75, 3.05) is 6.61 Å². The topological polar surface area (TPSA) is 105 Å². The summed E-state index contributed by atoms with van der Waals surface area (Å²) in [5.74, 6) is -0.849. The maximum atomic E-state index is 12.2. The molecule has 0 bridgehead atoms. The first-order valence-electron chi connectivity index (χ1n) is 9.27. The average molecular weight is 401 g/mol. The molecule has 1 amide bonds. The molecule has 3 aromatic rings. The first-order valence-corrected chi connectivity index (χ1v) is 9.27. The molecule has 1 N–H and O–H groups in total. The second kappa shape index (κ2) is 9.85. The van der Waals surface area contributed by atoms with Crippen LogP contribution in [0.3, 0.4) is 0 Å². The Labute approximate surface area is 173 Å². The van der Waals surface area contributed by atoms with Crippen LogP contribution in [0.1, 0.15) is 34.5 Å². The van der Waals surface area contributed by atoms with Crippen molar-refractivity contribution in [2.45, 2.75) is 12.8 Å². The van der Waals surface area contributed by atoms with E-state index in [1.807, 2.05) is 12.1 Å². The van der Waals surface area contributed by atoms with Gasteiger partial charge in [-0.15, -0.1) is 0 Å². The Balaban J connectivity index is 1.62. The summed E-state index contributed by atoms with van der Waals surface area (Å²) >= 11 is 0. The molecule has 0 aliphatic rings. The van der Waals surface area contributed by atoms with E-state index >= 15 is 0 Å². The number of amides is 1. The van der Waals surface area contributed by atoms with Crippen LogP contribution >= 0.6 is 0 Å². The number of nitrogens with zero attached hydrogens (tertiary/aromatic N) is 2. The number of carbonyl (C=O) groups is 2. The standard InChI is InChI=1S/C23H19N3O4/c1-2-29-23(28)18-10-8-17(9-11-18)21-13-12-19(30-21)15-25-26-22(27)20(14-24)16-6-4-3-5-7-16/h3-13,15,20H,2H2,1H3,(H,26,27)/b25-15-/t20-/m0/s1. The minimum atomic E-state index is -0.951. The molecule has 0 fully saturated rings. The van der Waals surface area contributed by atoms with Crippen LogP contribution in [-0.2, 0) is 9.53 Å². The highest BCUT2D eigenvalue weighted by atomic mass is 16.5.